The number of nitrogens with two attached hydrogens (primary N) is 1. The third-order valence-electron chi connectivity index (χ3n) is 2.43. The van der Waals surface area contributed by atoms with Crippen molar-refractivity contribution < 1.29 is 4.74 Å². The number of benzene rings is 1. The van der Waals surface area contributed by atoms with Gasteiger partial charge >= 0.3 is 0 Å². The summed E-state index contributed by atoms with van der Waals surface area (Å²) in [4.78, 5) is 0. The summed E-state index contributed by atoms with van der Waals surface area (Å²) in [6, 6.07) is 6.16. The van der Waals surface area contributed by atoms with Gasteiger partial charge in [-0.2, -0.15) is 0 Å². The Kier molecular flexibility index (Phi) is 4.47. The Bertz CT molecular complexity index is 284. The molecule has 0 aliphatic rings. The van der Waals surface area contributed by atoms with Crippen LogP contribution in [0.2, 0.25) is 0 Å². The predicted molar refractivity (Wildman–Crippen MR) is 59.5 cm³/mol. The molecule has 0 radical (unpaired) electrons. The summed E-state index contributed by atoms with van der Waals surface area (Å²) in [5, 5.41) is 0. The number of rotatable bonds is 5. The number of hydrogen-bond acceptors (Lipinski definition) is 2. The van der Waals surface area contributed by atoms with Crippen LogP contribution in [0.15, 0.2) is 18.2 Å². The molecule has 0 aliphatic carbocycles. The van der Waals surface area contributed by atoms with Gasteiger partial charge in [-0.05, 0) is 36.1 Å². The SMILES string of the molecule is CCCCc1ccc(OC)cc1CN. The molecule has 0 amide bonds. The Balaban J connectivity index is 2.82. The first kappa shape index (κ1) is 11.1. The van der Waals surface area contributed by atoms with Crippen molar-refractivity contribution in [2.24, 2.45) is 5.73 Å². The fraction of sp³-hybridized carbons (Fsp3) is 0.500. The molecular formula is C12H19NO. The average Bonchev–Trinajstić information content (AvgIpc) is 2.26. The highest BCUT2D eigenvalue weighted by Crippen LogP contribution is 2.18. The molecule has 0 atom stereocenters. The molecule has 2 nitrogen and oxygen atoms in total. The van der Waals surface area contributed by atoms with Gasteiger partial charge in [0, 0.05) is 6.54 Å². The second-order valence-corrected chi connectivity index (χ2v) is 3.44. The smallest absolute Gasteiger partial charge is 0.119 e. The summed E-state index contributed by atoms with van der Waals surface area (Å²) in [7, 11) is 1.68. The lowest BCUT2D eigenvalue weighted by molar-refractivity contribution is 0.414. The zero-order chi connectivity index (χ0) is 10.4. The zero-order valence-corrected chi connectivity index (χ0v) is 9.05. The summed E-state index contributed by atoms with van der Waals surface area (Å²) in [5.41, 5.74) is 8.25. The third-order valence-corrected chi connectivity index (χ3v) is 2.43. The molecule has 0 saturated heterocycles. The van der Waals surface area contributed by atoms with Gasteiger partial charge in [0.2, 0.25) is 0 Å². The minimum Gasteiger partial charge on any atom is -0.497 e. The number of hydrogen-bond donors (Lipinski definition) is 1. The quantitative estimate of drug-likeness (QED) is 0.779. The first-order valence-corrected chi connectivity index (χ1v) is 5.17. The fourth-order valence-electron chi connectivity index (χ4n) is 1.53. The molecule has 0 unspecified atom stereocenters. The van der Waals surface area contributed by atoms with Crippen LogP contribution in [0, 0.1) is 0 Å². The molecule has 1 aromatic rings. The van der Waals surface area contributed by atoms with Crippen molar-refractivity contribution >= 4 is 0 Å². The molecule has 78 valence electrons. The van der Waals surface area contributed by atoms with Crippen LogP contribution in [-0.4, -0.2) is 7.11 Å². The summed E-state index contributed by atoms with van der Waals surface area (Å²) in [6.07, 6.45) is 3.56. The third kappa shape index (κ3) is 2.74. The van der Waals surface area contributed by atoms with Crippen LogP contribution >= 0.6 is 0 Å². The second kappa shape index (κ2) is 5.66. The minimum atomic E-state index is 0.593. The Morgan fingerprint density at radius 3 is 2.64 bits per heavy atom. The van der Waals surface area contributed by atoms with E-state index in [1.807, 2.05) is 12.1 Å². The molecule has 0 bridgehead atoms. The summed E-state index contributed by atoms with van der Waals surface area (Å²) in [6.45, 7) is 2.79. The van der Waals surface area contributed by atoms with Crippen LogP contribution < -0.4 is 10.5 Å². The minimum absolute atomic E-state index is 0.593. The molecule has 0 aliphatic heterocycles. The Morgan fingerprint density at radius 1 is 1.29 bits per heavy atom. The van der Waals surface area contributed by atoms with Crippen LogP contribution in [0.1, 0.15) is 30.9 Å². The monoisotopic (exact) mass is 193 g/mol. The van der Waals surface area contributed by atoms with Crippen molar-refractivity contribution in [2.75, 3.05) is 7.11 Å². The molecule has 0 fully saturated rings. The standard InChI is InChI=1S/C12H19NO/c1-3-4-5-10-6-7-12(14-2)8-11(10)9-13/h6-8H,3-5,9,13H2,1-2H3. The van der Waals surface area contributed by atoms with Crippen molar-refractivity contribution in [1.82, 2.24) is 0 Å². The zero-order valence-electron chi connectivity index (χ0n) is 9.05. The van der Waals surface area contributed by atoms with Crippen LogP contribution in [-0.2, 0) is 13.0 Å². The number of ether oxygens (including phenoxy) is 1. The van der Waals surface area contributed by atoms with E-state index in [1.54, 1.807) is 7.11 Å². The maximum absolute atomic E-state index is 5.69. The van der Waals surface area contributed by atoms with E-state index in [-0.39, 0.29) is 0 Å². The Labute approximate surface area is 86.1 Å². The normalized spacial score (nSPS) is 10.2. The average molecular weight is 193 g/mol. The van der Waals surface area contributed by atoms with E-state index >= 15 is 0 Å². The molecule has 2 N–H and O–H groups in total. The summed E-state index contributed by atoms with van der Waals surface area (Å²) in [5.74, 6) is 0.894. The number of aryl methyl sites for hydroxylation is 1. The maximum Gasteiger partial charge on any atom is 0.119 e. The lowest BCUT2D eigenvalue weighted by atomic mass is 10.0. The van der Waals surface area contributed by atoms with E-state index < -0.39 is 0 Å². The van der Waals surface area contributed by atoms with E-state index in [2.05, 4.69) is 13.0 Å². The fourth-order valence-corrected chi connectivity index (χ4v) is 1.53. The Morgan fingerprint density at radius 2 is 2.07 bits per heavy atom. The van der Waals surface area contributed by atoms with Gasteiger partial charge in [0.15, 0.2) is 0 Å². The van der Waals surface area contributed by atoms with E-state index in [1.165, 1.54) is 24.0 Å². The van der Waals surface area contributed by atoms with Crippen molar-refractivity contribution in [3.63, 3.8) is 0 Å². The highest BCUT2D eigenvalue weighted by atomic mass is 16.5. The van der Waals surface area contributed by atoms with Crippen LogP contribution in [0.5, 0.6) is 5.75 Å². The molecule has 0 saturated carbocycles. The van der Waals surface area contributed by atoms with E-state index in [9.17, 15) is 0 Å². The van der Waals surface area contributed by atoms with Gasteiger partial charge in [-0.3, -0.25) is 0 Å². The highest BCUT2D eigenvalue weighted by Gasteiger charge is 2.02. The van der Waals surface area contributed by atoms with E-state index in [0.29, 0.717) is 6.54 Å². The molecule has 1 aromatic carbocycles. The van der Waals surface area contributed by atoms with E-state index in [0.717, 1.165) is 12.2 Å². The Hall–Kier alpha value is -1.02. The first-order chi connectivity index (χ1) is 6.81. The van der Waals surface area contributed by atoms with Gasteiger partial charge in [0.05, 0.1) is 7.11 Å². The molecule has 0 heterocycles. The van der Waals surface area contributed by atoms with Gasteiger partial charge in [-0.25, -0.2) is 0 Å². The molecule has 1 rings (SSSR count). The van der Waals surface area contributed by atoms with Gasteiger partial charge in [0.1, 0.15) is 5.75 Å². The van der Waals surface area contributed by atoms with Crippen LogP contribution in [0.3, 0.4) is 0 Å². The second-order valence-electron chi connectivity index (χ2n) is 3.44. The highest BCUT2D eigenvalue weighted by molar-refractivity contribution is 5.35. The van der Waals surface area contributed by atoms with Gasteiger partial charge < -0.3 is 10.5 Å². The lowest BCUT2D eigenvalue weighted by Crippen LogP contribution is -2.02. The van der Waals surface area contributed by atoms with E-state index in [4.69, 9.17) is 10.5 Å². The van der Waals surface area contributed by atoms with Gasteiger partial charge in [0.25, 0.3) is 0 Å². The van der Waals surface area contributed by atoms with Crippen LogP contribution in [0.4, 0.5) is 0 Å². The molecule has 2 heteroatoms. The topological polar surface area (TPSA) is 35.2 Å². The summed E-state index contributed by atoms with van der Waals surface area (Å²) >= 11 is 0. The van der Waals surface area contributed by atoms with Gasteiger partial charge in [-0.15, -0.1) is 0 Å². The predicted octanol–water partition coefficient (Wildman–Crippen LogP) is 2.50. The maximum atomic E-state index is 5.69. The largest absolute Gasteiger partial charge is 0.497 e. The number of unbranched alkanes of at least 4 members (excludes halogenated alkanes) is 1. The lowest BCUT2D eigenvalue weighted by Gasteiger charge is -2.09. The van der Waals surface area contributed by atoms with Crippen molar-refractivity contribution in [3.05, 3.63) is 29.3 Å². The van der Waals surface area contributed by atoms with Crippen molar-refractivity contribution in [3.8, 4) is 5.75 Å². The van der Waals surface area contributed by atoms with Crippen molar-refractivity contribution in [1.29, 1.82) is 0 Å². The number of methoxy groups -OCH3 is 1. The molecule has 0 spiro atoms. The molecular weight excluding hydrogens is 174 g/mol. The van der Waals surface area contributed by atoms with Gasteiger partial charge in [-0.1, -0.05) is 19.4 Å². The molecule has 14 heavy (non-hydrogen) atoms. The van der Waals surface area contributed by atoms with Crippen LogP contribution in [0.25, 0.3) is 0 Å². The van der Waals surface area contributed by atoms with Crippen molar-refractivity contribution in [2.45, 2.75) is 32.7 Å². The molecule has 0 aromatic heterocycles. The first-order valence-electron chi connectivity index (χ1n) is 5.17. The summed E-state index contributed by atoms with van der Waals surface area (Å²) < 4.78 is 5.16.